The van der Waals surface area contributed by atoms with Crippen molar-refractivity contribution >= 4 is 22.5 Å². The quantitative estimate of drug-likeness (QED) is 0.710. The molecule has 26 heavy (non-hydrogen) atoms. The number of hydrogen-bond donors (Lipinski definition) is 1. The van der Waals surface area contributed by atoms with E-state index in [1.807, 2.05) is 13.8 Å². The molecule has 10 heteroatoms. The van der Waals surface area contributed by atoms with Crippen molar-refractivity contribution in [1.29, 1.82) is 0 Å². The summed E-state index contributed by atoms with van der Waals surface area (Å²) in [6, 6.07) is 6.75. The Labute approximate surface area is 151 Å². The van der Waals surface area contributed by atoms with Crippen LogP contribution >= 0.6 is 11.5 Å². The molecular weight excluding hydrogens is 367 g/mol. The van der Waals surface area contributed by atoms with Crippen molar-refractivity contribution in [2.24, 2.45) is 0 Å². The van der Waals surface area contributed by atoms with Crippen LogP contribution in [0.5, 0.6) is 5.75 Å². The van der Waals surface area contributed by atoms with Gasteiger partial charge in [-0.05, 0) is 32.0 Å². The largest absolute Gasteiger partial charge is 0.489 e. The van der Waals surface area contributed by atoms with Gasteiger partial charge in [0, 0.05) is 23.8 Å². The number of nitrogens with one attached hydrogen (secondary N) is 1. The normalized spacial score (nSPS) is 11.6. The average molecular weight is 380 g/mol. The summed E-state index contributed by atoms with van der Waals surface area (Å²) in [6.45, 7) is 3.83. The summed E-state index contributed by atoms with van der Waals surface area (Å²) in [4.78, 5) is 12.2. The minimum atomic E-state index is -4.45. The monoisotopic (exact) mass is 380 g/mol. The lowest BCUT2D eigenvalue weighted by molar-refractivity contribution is -0.137. The lowest BCUT2D eigenvalue weighted by atomic mass is 10.3. The lowest BCUT2D eigenvalue weighted by Crippen LogP contribution is -2.06. The lowest BCUT2D eigenvalue weighted by Gasteiger charge is -2.08. The summed E-state index contributed by atoms with van der Waals surface area (Å²) in [5.41, 5.74) is -0.316. The van der Waals surface area contributed by atoms with Gasteiger partial charge in [-0.25, -0.2) is 9.97 Å². The van der Waals surface area contributed by atoms with Gasteiger partial charge >= 0.3 is 6.18 Å². The molecule has 135 valence electrons. The van der Waals surface area contributed by atoms with Crippen LogP contribution in [-0.2, 0) is 6.18 Å². The van der Waals surface area contributed by atoms with E-state index in [2.05, 4.69) is 30.7 Å². The number of rotatable bonds is 5. The van der Waals surface area contributed by atoms with Crippen molar-refractivity contribution in [2.45, 2.75) is 26.1 Å². The number of anilines is 2. The number of nitrogens with zero attached hydrogens (tertiary/aromatic N) is 4. The highest BCUT2D eigenvalue weighted by atomic mass is 32.1. The van der Waals surface area contributed by atoms with Crippen LogP contribution in [0.25, 0.3) is 11.5 Å². The molecule has 0 amide bonds. The van der Waals surface area contributed by atoms with Crippen LogP contribution in [-0.4, -0.2) is 25.4 Å². The number of halogens is 3. The molecule has 3 heterocycles. The Morgan fingerprint density at radius 3 is 2.58 bits per heavy atom. The first-order valence-corrected chi connectivity index (χ1v) is 8.27. The molecule has 3 aromatic rings. The Kier molecular flexibility index (Phi) is 5.03. The molecule has 0 unspecified atom stereocenters. The average Bonchev–Trinajstić information content (AvgIpc) is 3.03. The number of ether oxygens (including phenoxy) is 1. The Morgan fingerprint density at radius 1 is 1.19 bits per heavy atom. The van der Waals surface area contributed by atoms with Crippen LogP contribution in [0.2, 0.25) is 0 Å². The van der Waals surface area contributed by atoms with E-state index in [9.17, 15) is 13.2 Å². The molecule has 1 N–H and O–H groups in total. The second-order valence-corrected chi connectivity index (χ2v) is 6.19. The van der Waals surface area contributed by atoms with Gasteiger partial charge in [-0.1, -0.05) is 0 Å². The molecular formula is C16H13F3N5OS. The SMILES string of the molecule is CC(C)Oc1ccc(-c2nsc(Nc3[c]cc(C(F)(F)F)cn3)n2)nc1. The third-order valence-corrected chi connectivity index (χ3v) is 3.64. The highest BCUT2D eigenvalue weighted by Crippen LogP contribution is 2.29. The molecule has 3 aromatic heterocycles. The molecule has 0 aromatic carbocycles. The minimum absolute atomic E-state index is 0.0448. The van der Waals surface area contributed by atoms with E-state index >= 15 is 0 Å². The maximum atomic E-state index is 12.5. The van der Waals surface area contributed by atoms with Crippen LogP contribution < -0.4 is 10.1 Å². The van der Waals surface area contributed by atoms with Crippen LogP contribution in [0.15, 0.2) is 30.6 Å². The zero-order chi connectivity index (χ0) is 18.7. The molecule has 0 saturated heterocycles. The van der Waals surface area contributed by atoms with Crippen molar-refractivity contribution in [3.63, 3.8) is 0 Å². The van der Waals surface area contributed by atoms with E-state index in [-0.39, 0.29) is 11.9 Å². The van der Waals surface area contributed by atoms with Crippen molar-refractivity contribution in [2.75, 3.05) is 5.32 Å². The van der Waals surface area contributed by atoms with Gasteiger partial charge in [0.1, 0.15) is 17.3 Å². The van der Waals surface area contributed by atoms with Gasteiger partial charge in [0.25, 0.3) is 0 Å². The first-order chi connectivity index (χ1) is 12.3. The zero-order valence-corrected chi connectivity index (χ0v) is 14.5. The van der Waals surface area contributed by atoms with E-state index in [0.29, 0.717) is 22.4 Å². The van der Waals surface area contributed by atoms with Gasteiger partial charge in [-0.2, -0.15) is 22.5 Å². The number of pyridine rings is 2. The van der Waals surface area contributed by atoms with Crippen molar-refractivity contribution < 1.29 is 17.9 Å². The summed E-state index contributed by atoms with van der Waals surface area (Å²) >= 11 is 1.04. The Balaban J connectivity index is 1.70. The standard InChI is InChI=1S/C16H13F3N5OS/c1-9(2)25-11-4-5-12(20-8-11)14-23-15(26-24-14)22-13-6-3-10(7-21-13)16(17,18)19/h3-5,7-9H,1-2H3,(H,21,22,23,24). The number of hydrogen-bond acceptors (Lipinski definition) is 7. The Hall–Kier alpha value is -2.75. The molecule has 0 atom stereocenters. The fraction of sp³-hybridized carbons (Fsp3) is 0.250. The van der Waals surface area contributed by atoms with Crippen LogP contribution in [0.1, 0.15) is 19.4 Å². The van der Waals surface area contributed by atoms with E-state index < -0.39 is 11.7 Å². The van der Waals surface area contributed by atoms with Gasteiger partial charge in [-0.3, -0.25) is 0 Å². The highest BCUT2D eigenvalue weighted by Gasteiger charge is 2.30. The molecule has 0 bridgehead atoms. The van der Waals surface area contributed by atoms with E-state index in [1.165, 1.54) is 0 Å². The molecule has 1 radical (unpaired) electrons. The molecule has 0 aliphatic rings. The highest BCUT2D eigenvalue weighted by molar-refractivity contribution is 7.09. The van der Waals surface area contributed by atoms with Crippen molar-refractivity contribution in [3.05, 3.63) is 42.2 Å². The van der Waals surface area contributed by atoms with E-state index in [1.54, 1.807) is 18.3 Å². The zero-order valence-electron chi connectivity index (χ0n) is 13.7. The van der Waals surface area contributed by atoms with E-state index in [4.69, 9.17) is 4.74 Å². The van der Waals surface area contributed by atoms with Gasteiger partial charge in [-0.15, -0.1) is 0 Å². The molecule has 0 fully saturated rings. The molecule has 0 aliphatic carbocycles. The second kappa shape index (κ2) is 7.24. The molecule has 0 saturated carbocycles. The maximum Gasteiger partial charge on any atom is 0.417 e. The Bertz CT molecular complexity index is 863. The van der Waals surface area contributed by atoms with Crippen LogP contribution in [0.4, 0.5) is 24.1 Å². The molecule has 3 rings (SSSR count). The van der Waals surface area contributed by atoms with Crippen molar-refractivity contribution in [1.82, 2.24) is 19.3 Å². The third-order valence-electron chi connectivity index (χ3n) is 3.01. The summed E-state index contributed by atoms with van der Waals surface area (Å²) in [6.07, 6.45) is -2.09. The van der Waals surface area contributed by atoms with Gasteiger partial charge in [0.15, 0.2) is 5.82 Å². The summed E-state index contributed by atoms with van der Waals surface area (Å²) in [5, 5.41) is 3.14. The van der Waals surface area contributed by atoms with Crippen molar-refractivity contribution in [3.8, 4) is 17.3 Å². The Morgan fingerprint density at radius 2 is 2.00 bits per heavy atom. The fourth-order valence-corrected chi connectivity index (χ4v) is 2.49. The molecule has 6 nitrogen and oxygen atoms in total. The van der Waals surface area contributed by atoms with E-state index in [0.717, 1.165) is 23.8 Å². The summed E-state index contributed by atoms with van der Waals surface area (Å²) < 4.78 is 47.2. The molecule has 0 spiro atoms. The predicted molar refractivity (Wildman–Crippen MR) is 90.3 cm³/mol. The van der Waals surface area contributed by atoms with Gasteiger partial charge in [0.05, 0.1) is 17.9 Å². The maximum absolute atomic E-state index is 12.5. The topological polar surface area (TPSA) is 72.8 Å². The van der Waals surface area contributed by atoms with Crippen LogP contribution in [0.3, 0.4) is 0 Å². The smallest absolute Gasteiger partial charge is 0.417 e. The summed E-state index contributed by atoms with van der Waals surface area (Å²) in [5.74, 6) is 1.15. The second-order valence-electron chi connectivity index (χ2n) is 5.44. The first-order valence-electron chi connectivity index (χ1n) is 7.50. The van der Waals surface area contributed by atoms with Gasteiger partial charge in [0.2, 0.25) is 5.13 Å². The third kappa shape index (κ3) is 4.45. The summed E-state index contributed by atoms with van der Waals surface area (Å²) in [7, 11) is 0. The molecule has 0 aliphatic heterocycles. The fourth-order valence-electron chi connectivity index (χ4n) is 1.91. The predicted octanol–water partition coefficient (Wildman–Crippen LogP) is 4.34. The first kappa shape index (κ1) is 18.1. The minimum Gasteiger partial charge on any atom is -0.489 e. The number of aromatic nitrogens is 4. The van der Waals surface area contributed by atoms with Gasteiger partial charge < -0.3 is 10.1 Å². The number of alkyl halides is 3. The van der Waals surface area contributed by atoms with Crippen LogP contribution in [0, 0.1) is 6.07 Å².